The highest BCUT2D eigenvalue weighted by atomic mass is 33.1. The molecule has 2 aromatic heterocycles. The fraction of sp³-hybridized carbons (Fsp3) is 0.0400. The predicted octanol–water partition coefficient (Wildman–Crippen LogP) is 6.05. The van der Waals surface area contributed by atoms with Crippen LogP contribution in [0, 0.1) is 0 Å². The lowest BCUT2D eigenvalue weighted by molar-refractivity contribution is 0.414. The van der Waals surface area contributed by atoms with Crippen LogP contribution in [-0.2, 0) is 8.87 Å². The van der Waals surface area contributed by atoms with E-state index < -0.39 is 8.87 Å². The minimum atomic E-state index is -3.76. The van der Waals surface area contributed by atoms with Crippen LogP contribution < -0.4 is 4.74 Å². The van der Waals surface area contributed by atoms with Crippen molar-refractivity contribution < 1.29 is 17.6 Å². The first kappa shape index (κ1) is 21.2. The van der Waals surface area contributed by atoms with E-state index in [0.29, 0.717) is 33.7 Å². The second-order valence-corrected chi connectivity index (χ2v) is 10.9. The van der Waals surface area contributed by atoms with Crippen molar-refractivity contribution in [3.63, 3.8) is 0 Å². The molecule has 8 heteroatoms. The van der Waals surface area contributed by atoms with Gasteiger partial charge in [0, 0.05) is 10.9 Å². The van der Waals surface area contributed by atoms with E-state index in [-0.39, 0.29) is 10.1 Å². The minimum Gasteiger partial charge on any atom is -0.497 e. The number of methoxy groups -OCH3 is 1. The molecule has 0 aliphatic rings. The lowest BCUT2D eigenvalue weighted by Gasteiger charge is -2.08. The van der Waals surface area contributed by atoms with Gasteiger partial charge in [0.15, 0.2) is 5.76 Å². The number of aromatic nitrogens is 2. The molecule has 0 amide bonds. The third kappa shape index (κ3) is 4.48. The van der Waals surface area contributed by atoms with Crippen molar-refractivity contribution >= 4 is 30.6 Å². The summed E-state index contributed by atoms with van der Waals surface area (Å²) in [6.45, 7) is 0. The van der Waals surface area contributed by atoms with E-state index in [1.165, 1.54) is 19.2 Å². The summed E-state index contributed by atoms with van der Waals surface area (Å²) in [6.07, 6.45) is 0. The standard InChI is InChI=1S/C25H18N2O4S2/c1-30-19-11-13-20(14-12-19)33(28,29)32-25-26-21(17-7-3-2-4-8-17)16-22(27-25)24-15-18-9-5-6-10-23(18)31-24/h2-16H,1H3. The smallest absolute Gasteiger partial charge is 0.237 e. The van der Waals surface area contributed by atoms with Gasteiger partial charge in [0.25, 0.3) is 0 Å². The van der Waals surface area contributed by atoms with E-state index >= 15 is 0 Å². The fourth-order valence-corrected chi connectivity index (χ4v) is 5.81. The Hall–Kier alpha value is -3.62. The van der Waals surface area contributed by atoms with Gasteiger partial charge in [-0.05, 0) is 42.5 Å². The highest BCUT2D eigenvalue weighted by Gasteiger charge is 2.21. The molecule has 0 spiro atoms. The number of fused-ring (bicyclic) bond motifs is 1. The van der Waals surface area contributed by atoms with Gasteiger partial charge in [0.1, 0.15) is 17.0 Å². The molecule has 0 bridgehead atoms. The molecule has 0 atom stereocenters. The molecule has 0 saturated heterocycles. The van der Waals surface area contributed by atoms with Gasteiger partial charge in [-0.1, -0.05) is 48.5 Å². The van der Waals surface area contributed by atoms with E-state index in [2.05, 4.69) is 9.97 Å². The van der Waals surface area contributed by atoms with Crippen molar-refractivity contribution in [3.05, 3.63) is 91.0 Å². The van der Waals surface area contributed by atoms with Crippen molar-refractivity contribution in [1.82, 2.24) is 9.97 Å². The number of benzene rings is 3. The third-order valence-corrected chi connectivity index (χ3v) is 8.07. The van der Waals surface area contributed by atoms with E-state index in [9.17, 15) is 8.42 Å². The normalized spacial score (nSPS) is 11.5. The molecular formula is C25H18N2O4S2. The lowest BCUT2D eigenvalue weighted by atomic mass is 10.1. The molecular weight excluding hydrogens is 456 g/mol. The average Bonchev–Trinajstić information content (AvgIpc) is 3.29. The van der Waals surface area contributed by atoms with Gasteiger partial charge < -0.3 is 9.15 Å². The zero-order valence-corrected chi connectivity index (χ0v) is 19.1. The van der Waals surface area contributed by atoms with Crippen LogP contribution in [0.25, 0.3) is 33.7 Å². The summed E-state index contributed by atoms with van der Waals surface area (Å²) in [4.78, 5) is 9.20. The van der Waals surface area contributed by atoms with E-state index in [1.807, 2.05) is 60.7 Å². The van der Waals surface area contributed by atoms with Gasteiger partial charge >= 0.3 is 0 Å². The number of furan rings is 1. The molecule has 0 N–H and O–H groups in total. The fourth-order valence-electron chi connectivity index (χ4n) is 3.34. The first-order chi connectivity index (χ1) is 16.0. The maximum atomic E-state index is 13.1. The van der Waals surface area contributed by atoms with Crippen LogP contribution in [0.4, 0.5) is 0 Å². The maximum Gasteiger partial charge on any atom is 0.237 e. The predicted molar refractivity (Wildman–Crippen MR) is 129 cm³/mol. The van der Waals surface area contributed by atoms with Crippen LogP contribution in [0.15, 0.2) is 105 Å². The Balaban J connectivity index is 1.59. The zero-order chi connectivity index (χ0) is 22.8. The first-order valence-electron chi connectivity index (χ1n) is 10.0. The summed E-state index contributed by atoms with van der Waals surface area (Å²) in [6, 6.07) is 27.1. The summed E-state index contributed by atoms with van der Waals surface area (Å²) in [7, 11) is -1.62. The molecule has 2 heterocycles. The number of rotatable bonds is 6. The summed E-state index contributed by atoms with van der Waals surface area (Å²) < 4.78 is 37.2. The van der Waals surface area contributed by atoms with Crippen molar-refractivity contribution in [2.75, 3.05) is 7.11 Å². The Kier molecular flexibility index (Phi) is 5.62. The van der Waals surface area contributed by atoms with Crippen molar-refractivity contribution in [1.29, 1.82) is 0 Å². The zero-order valence-electron chi connectivity index (χ0n) is 17.5. The molecule has 5 aromatic rings. The van der Waals surface area contributed by atoms with Gasteiger partial charge in [0.05, 0.1) is 28.5 Å². The van der Waals surface area contributed by atoms with Crippen LogP contribution >= 0.6 is 10.8 Å². The average molecular weight is 475 g/mol. The SMILES string of the molecule is COc1ccc(S(=O)(=O)Sc2nc(-c3ccccc3)cc(-c3cc4ccccc4o3)n2)cc1. The molecule has 0 aliphatic heterocycles. The molecule has 33 heavy (non-hydrogen) atoms. The number of hydrogen-bond donors (Lipinski definition) is 0. The summed E-state index contributed by atoms with van der Waals surface area (Å²) >= 11 is 0. The maximum absolute atomic E-state index is 13.1. The second kappa shape index (κ2) is 8.73. The number of nitrogens with zero attached hydrogens (tertiary/aromatic N) is 2. The summed E-state index contributed by atoms with van der Waals surface area (Å²) in [5, 5.41) is 1.05. The highest BCUT2D eigenvalue weighted by Crippen LogP contribution is 2.34. The molecule has 164 valence electrons. The molecule has 5 rings (SSSR count). The monoisotopic (exact) mass is 474 g/mol. The Morgan fingerprint density at radius 1 is 0.818 bits per heavy atom. The van der Waals surface area contributed by atoms with E-state index in [1.54, 1.807) is 18.2 Å². The Morgan fingerprint density at radius 2 is 1.52 bits per heavy atom. The second-order valence-electron chi connectivity index (χ2n) is 7.15. The largest absolute Gasteiger partial charge is 0.497 e. The van der Waals surface area contributed by atoms with Crippen molar-refractivity contribution in [3.8, 4) is 28.5 Å². The number of para-hydroxylation sites is 1. The van der Waals surface area contributed by atoms with E-state index in [0.717, 1.165) is 16.5 Å². The van der Waals surface area contributed by atoms with Crippen LogP contribution in [-0.4, -0.2) is 25.5 Å². The van der Waals surface area contributed by atoms with Crippen LogP contribution in [0.1, 0.15) is 0 Å². The van der Waals surface area contributed by atoms with Gasteiger partial charge in [-0.25, -0.2) is 18.4 Å². The molecule has 0 saturated carbocycles. The Morgan fingerprint density at radius 3 is 2.24 bits per heavy atom. The number of hydrogen-bond acceptors (Lipinski definition) is 7. The van der Waals surface area contributed by atoms with Gasteiger partial charge in [-0.3, -0.25) is 0 Å². The molecule has 3 aromatic carbocycles. The molecule has 0 fully saturated rings. The van der Waals surface area contributed by atoms with Gasteiger partial charge in [-0.2, -0.15) is 0 Å². The molecule has 0 radical (unpaired) electrons. The van der Waals surface area contributed by atoms with Crippen molar-refractivity contribution in [2.45, 2.75) is 10.1 Å². The highest BCUT2D eigenvalue weighted by molar-refractivity contribution is 8.72. The minimum absolute atomic E-state index is 0.114. The summed E-state index contributed by atoms with van der Waals surface area (Å²) in [5.41, 5.74) is 2.69. The van der Waals surface area contributed by atoms with Gasteiger partial charge in [-0.15, -0.1) is 0 Å². The Bertz CT molecular complexity index is 1500. The quantitative estimate of drug-likeness (QED) is 0.219. The van der Waals surface area contributed by atoms with E-state index in [4.69, 9.17) is 9.15 Å². The lowest BCUT2D eigenvalue weighted by Crippen LogP contribution is -2.00. The molecule has 0 unspecified atom stereocenters. The van der Waals surface area contributed by atoms with Crippen LogP contribution in [0.2, 0.25) is 0 Å². The topological polar surface area (TPSA) is 82.3 Å². The van der Waals surface area contributed by atoms with Crippen molar-refractivity contribution in [2.24, 2.45) is 0 Å². The van der Waals surface area contributed by atoms with Crippen LogP contribution in [0.5, 0.6) is 5.75 Å². The number of ether oxygens (including phenoxy) is 1. The third-order valence-electron chi connectivity index (χ3n) is 4.99. The molecule has 6 nitrogen and oxygen atoms in total. The summed E-state index contributed by atoms with van der Waals surface area (Å²) in [5.74, 6) is 1.12. The molecule has 0 aliphatic carbocycles. The van der Waals surface area contributed by atoms with Crippen LogP contribution in [0.3, 0.4) is 0 Å². The Labute approximate surface area is 194 Å². The van der Waals surface area contributed by atoms with Gasteiger partial charge in [0.2, 0.25) is 14.0 Å². The first-order valence-corrected chi connectivity index (χ1v) is 12.9.